The molecular formula is C15H22FN3O. The number of hydrogen-bond donors (Lipinski definition) is 3. The summed E-state index contributed by atoms with van der Waals surface area (Å²) in [4.78, 5) is 11.3. The third kappa shape index (κ3) is 3.21. The van der Waals surface area contributed by atoms with Crippen LogP contribution in [0.5, 0.6) is 0 Å². The van der Waals surface area contributed by atoms with Crippen LogP contribution in [0.2, 0.25) is 0 Å². The van der Waals surface area contributed by atoms with Crippen molar-refractivity contribution in [3.05, 3.63) is 23.5 Å². The predicted molar refractivity (Wildman–Crippen MR) is 79.0 cm³/mol. The van der Waals surface area contributed by atoms with Gasteiger partial charge in [-0.2, -0.15) is 0 Å². The van der Waals surface area contributed by atoms with Crippen molar-refractivity contribution in [3.63, 3.8) is 0 Å². The van der Waals surface area contributed by atoms with Gasteiger partial charge in [-0.3, -0.25) is 4.79 Å². The zero-order chi connectivity index (χ0) is 14.7. The molecule has 5 N–H and O–H groups in total. The molecule has 0 spiro atoms. The first-order chi connectivity index (χ1) is 9.51. The fourth-order valence-corrected chi connectivity index (χ4v) is 2.85. The van der Waals surface area contributed by atoms with E-state index in [1.807, 2.05) is 0 Å². The van der Waals surface area contributed by atoms with Crippen LogP contribution >= 0.6 is 0 Å². The third-order valence-electron chi connectivity index (χ3n) is 4.19. The fraction of sp³-hybridized carbons (Fsp3) is 0.533. The summed E-state index contributed by atoms with van der Waals surface area (Å²) in [7, 11) is 0. The molecule has 1 fully saturated rings. The molecule has 5 heteroatoms. The largest absolute Gasteiger partial charge is 0.398 e. The standard InChI is InChI=1S/C15H22FN3O/c1-2-9-3-5-10(6-4-9)19-14-7-11(15(18)20)13(17)8-12(14)16/h7-10,19H,2-6,17H2,1H3,(H2,18,20). The van der Waals surface area contributed by atoms with Gasteiger partial charge in [-0.05, 0) is 43.7 Å². The highest BCUT2D eigenvalue weighted by molar-refractivity contribution is 5.99. The molecule has 0 aliphatic heterocycles. The predicted octanol–water partition coefficient (Wildman–Crippen LogP) is 2.89. The van der Waals surface area contributed by atoms with E-state index in [2.05, 4.69) is 12.2 Å². The van der Waals surface area contributed by atoms with Gasteiger partial charge in [0.05, 0.1) is 11.3 Å². The number of primary amides is 1. The Balaban J connectivity index is 2.10. The second-order valence-corrected chi connectivity index (χ2v) is 5.55. The van der Waals surface area contributed by atoms with Gasteiger partial charge >= 0.3 is 0 Å². The summed E-state index contributed by atoms with van der Waals surface area (Å²) in [6.45, 7) is 2.21. The molecule has 0 saturated heterocycles. The SMILES string of the molecule is CCC1CCC(Nc2cc(C(N)=O)c(N)cc2F)CC1. The molecule has 1 aliphatic carbocycles. The van der Waals surface area contributed by atoms with Crippen LogP contribution in [0.15, 0.2) is 12.1 Å². The van der Waals surface area contributed by atoms with Crippen molar-refractivity contribution < 1.29 is 9.18 Å². The molecule has 0 unspecified atom stereocenters. The van der Waals surface area contributed by atoms with E-state index in [9.17, 15) is 9.18 Å². The molecule has 0 heterocycles. The number of hydrogen-bond acceptors (Lipinski definition) is 3. The minimum Gasteiger partial charge on any atom is -0.398 e. The zero-order valence-corrected chi connectivity index (χ0v) is 11.8. The maximum absolute atomic E-state index is 13.9. The number of rotatable bonds is 4. The lowest BCUT2D eigenvalue weighted by atomic mass is 9.84. The second-order valence-electron chi connectivity index (χ2n) is 5.55. The Kier molecular flexibility index (Phi) is 4.47. The Morgan fingerprint density at radius 3 is 2.55 bits per heavy atom. The Bertz CT molecular complexity index is 496. The van der Waals surface area contributed by atoms with Crippen LogP contribution in [0.1, 0.15) is 49.4 Å². The smallest absolute Gasteiger partial charge is 0.250 e. The van der Waals surface area contributed by atoms with Gasteiger partial charge in [0.15, 0.2) is 0 Å². The lowest BCUT2D eigenvalue weighted by Gasteiger charge is -2.29. The van der Waals surface area contributed by atoms with E-state index in [0.29, 0.717) is 5.69 Å². The van der Waals surface area contributed by atoms with Crippen LogP contribution in [0.3, 0.4) is 0 Å². The molecule has 4 nitrogen and oxygen atoms in total. The quantitative estimate of drug-likeness (QED) is 0.741. The average Bonchev–Trinajstić information content (AvgIpc) is 2.42. The fourth-order valence-electron chi connectivity index (χ4n) is 2.85. The first kappa shape index (κ1) is 14.6. The van der Waals surface area contributed by atoms with Crippen LogP contribution in [0.25, 0.3) is 0 Å². The summed E-state index contributed by atoms with van der Waals surface area (Å²) in [5, 5.41) is 3.18. The molecular weight excluding hydrogens is 257 g/mol. The Morgan fingerprint density at radius 1 is 1.35 bits per heavy atom. The highest BCUT2D eigenvalue weighted by Crippen LogP contribution is 2.30. The van der Waals surface area contributed by atoms with E-state index in [1.165, 1.54) is 12.5 Å². The van der Waals surface area contributed by atoms with Crippen LogP contribution in [0.4, 0.5) is 15.8 Å². The molecule has 2 rings (SSSR count). The van der Waals surface area contributed by atoms with Crippen molar-refractivity contribution in [2.75, 3.05) is 11.1 Å². The molecule has 1 saturated carbocycles. The van der Waals surface area contributed by atoms with Crippen LogP contribution < -0.4 is 16.8 Å². The zero-order valence-electron chi connectivity index (χ0n) is 11.8. The summed E-state index contributed by atoms with van der Waals surface area (Å²) in [6.07, 6.45) is 5.57. The summed E-state index contributed by atoms with van der Waals surface area (Å²) in [5.74, 6) is -0.296. The van der Waals surface area contributed by atoms with Crippen molar-refractivity contribution in [3.8, 4) is 0 Å². The minimum atomic E-state index is -0.639. The van der Waals surface area contributed by atoms with Gasteiger partial charge in [0.2, 0.25) is 0 Å². The van der Waals surface area contributed by atoms with Gasteiger partial charge in [0, 0.05) is 11.7 Å². The Morgan fingerprint density at radius 2 is 2.00 bits per heavy atom. The van der Waals surface area contributed by atoms with Crippen molar-refractivity contribution >= 4 is 17.3 Å². The molecule has 1 aromatic carbocycles. The first-order valence-electron chi connectivity index (χ1n) is 7.16. The Labute approximate surface area is 118 Å². The highest BCUT2D eigenvalue weighted by atomic mass is 19.1. The normalized spacial score (nSPS) is 22.5. The monoisotopic (exact) mass is 279 g/mol. The van der Waals surface area contributed by atoms with E-state index in [4.69, 9.17) is 11.5 Å². The molecule has 0 atom stereocenters. The summed E-state index contributed by atoms with van der Waals surface area (Å²) < 4.78 is 13.9. The molecule has 1 aromatic rings. The number of nitrogen functional groups attached to an aromatic ring is 1. The number of benzene rings is 1. The summed E-state index contributed by atoms with van der Waals surface area (Å²) in [5.41, 5.74) is 11.4. The molecule has 1 amide bonds. The van der Waals surface area contributed by atoms with E-state index in [-0.39, 0.29) is 17.3 Å². The number of anilines is 2. The van der Waals surface area contributed by atoms with E-state index in [1.54, 1.807) is 0 Å². The molecule has 0 bridgehead atoms. The second kappa shape index (κ2) is 6.11. The lowest BCUT2D eigenvalue weighted by Crippen LogP contribution is -2.26. The van der Waals surface area contributed by atoms with Gasteiger partial charge in [0.25, 0.3) is 5.91 Å². The Hall–Kier alpha value is -1.78. The number of carbonyl (C=O) groups excluding carboxylic acids is 1. The van der Waals surface area contributed by atoms with Gasteiger partial charge in [-0.15, -0.1) is 0 Å². The van der Waals surface area contributed by atoms with Gasteiger partial charge < -0.3 is 16.8 Å². The first-order valence-corrected chi connectivity index (χ1v) is 7.16. The molecule has 0 aromatic heterocycles. The van der Waals surface area contributed by atoms with Gasteiger partial charge in [0.1, 0.15) is 5.82 Å². The van der Waals surface area contributed by atoms with Crippen molar-refractivity contribution in [1.29, 1.82) is 0 Å². The lowest BCUT2D eigenvalue weighted by molar-refractivity contribution is 0.100. The molecule has 1 aliphatic rings. The third-order valence-corrected chi connectivity index (χ3v) is 4.19. The highest BCUT2D eigenvalue weighted by Gasteiger charge is 2.21. The minimum absolute atomic E-state index is 0.0789. The van der Waals surface area contributed by atoms with Crippen LogP contribution in [-0.4, -0.2) is 11.9 Å². The molecule has 110 valence electrons. The average molecular weight is 279 g/mol. The number of halogens is 1. The molecule has 20 heavy (non-hydrogen) atoms. The number of nitrogens with two attached hydrogens (primary N) is 2. The van der Waals surface area contributed by atoms with E-state index in [0.717, 1.165) is 37.7 Å². The maximum atomic E-state index is 13.9. The summed E-state index contributed by atoms with van der Waals surface area (Å²) >= 11 is 0. The number of carbonyl (C=O) groups is 1. The van der Waals surface area contributed by atoms with Crippen LogP contribution in [0, 0.1) is 11.7 Å². The van der Waals surface area contributed by atoms with E-state index < -0.39 is 11.7 Å². The maximum Gasteiger partial charge on any atom is 0.250 e. The topological polar surface area (TPSA) is 81.1 Å². The van der Waals surface area contributed by atoms with Crippen molar-refractivity contribution in [1.82, 2.24) is 0 Å². The van der Waals surface area contributed by atoms with Crippen molar-refractivity contribution in [2.45, 2.75) is 45.1 Å². The van der Waals surface area contributed by atoms with Crippen LogP contribution in [-0.2, 0) is 0 Å². The summed E-state index contributed by atoms with van der Waals surface area (Å²) in [6, 6.07) is 2.82. The van der Waals surface area contributed by atoms with Gasteiger partial charge in [-0.1, -0.05) is 13.3 Å². The molecule has 0 radical (unpaired) electrons. The van der Waals surface area contributed by atoms with Gasteiger partial charge in [-0.25, -0.2) is 4.39 Å². The number of amides is 1. The van der Waals surface area contributed by atoms with E-state index >= 15 is 0 Å². The van der Waals surface area contributed by atoms with Crippen molar-refractivity contribution in [2.24, 2.45) is 11.7 Å². The number of nitrogens with one attached hydrogen (secondary N) is 1.